The number of carbonyl (C=O) groups excluding carboxylic acids is 2. The third-order valence-corrected chi connectivity index (χ3v) is 6.55. The van der Waals surface area contributed by atoms with Crippen molar-refractivity contribution < 1.29 is 18.0 Å². The Hall–Kier alpha value is -2.78. The molecule has 1 aromatic carbocycles. The van der Waals surface area contributed by atoms with E-state index in [0.717, 1.165) is 19.3 Å². The summed E-state index contributed by atoms with van der Waals surface area (Å²) < 4.78 is 26.8. The van der Waals surface area contributed by atoms with Crippen LogP contribution < -0.4 is 10.6 Å². The Balaban J connectivity index is 1.50. The molecule has 1 saturated heterocycles. The minimum atomic E-state index is -3.48. The first-order valence-electron chi connectivity index (χ1n) is 9.51. The average Bonchev–Trinajstić information content (AvgIpc) is 2.74. The van der Waals surface area contributed by atoms with Crippen LogP contribution in [0.15, 0.2) is 53.7 Å². The fourth-order valence-electron chi connectivity index (χ4n) is 3.10. The lowest BCUT2D eigenvalue weighted by atomic mass is 10.1. The van der Waals surface area contributed by atoms with Gasteiger partial charge in [0.25, 0.3) is 0 Å². The van der Waals surface area contributed by atoms with Crippen molar-refractivity contribution in [2.45, 2.75) is 30.6 Å². The van der Waals surface area contributed by atoms with Crippen LogP contribution in [0, 0.1) is 0 Å². The number of benzene rings is 1. The molecule has 2 amide bonds. The van der Waals surface area contributed by atoms with Gasteiger partial charge in [-0.05, 0) is 42.7 Å². The Bertz CT molecular complexity index is 940. The van der Waals surface area contributed by atoms with Crippen LogP contribution >= 0.6 is 0 Å². The number of hydrogen-bond donors (Lipinski definition) is 2. The van der Waals surface area contributed by atoms with Crippen molar-refractivity contribution in [1.82, 2.24) is 14.6 Å². The number of anilines is 1. The van der Waals surface area contributed by atoms with Gasteiger partial charge in [-0.3, -0.25) is 14.6 Å². The second kappa shape index (κ2) is 9.62. The van der Waals surface area contributed by atoms with Crippen LogP contribution in [0.4, 0.5) is 5.69 Å². The van der Waals surface area contributed by atoms with E-state index in [9.17, 15) is 18.0 Å². The fraction of sp³-hybridized carbons (Fsp3) is 0.350. The highest BCUT2D eigenvalue weighted by atomic mass is 32.2. The molecule has 1 aromatic heterocycles. The van der Waals surface area contributed by atoms with E-state index in [4.69, 9.17) is 0 Å². The number of amides is 2. The third kappa shape index (κ3) is 5.85. The van der Waals surface area contributed by atoms with E-state index in [0.29, 0.717) is 24.3 Å². The zero-order valence-electron chi connectivity index (χ0n) is 16.0. The summed E-state index contributed by atoms with van der Waals surface area (Å²) in [5, 5.41) is 5.18. The molecule has 9 heteroatoms. The van der Waals surface area contributed by atoms with Crippen molar-refractivity contribution in [2.75, 3.05) is 25.0 Å². The zero-order chi connectivity index (χ0) is 20.7. The van der Waals surface area contributed by atoms with Gasteiger partial charge in [-0.15, -0.1) is 0 Å². The molecule has 0 atom stereocenters. The highest BCUT2D eigenvalue weighted by Gasteiger charge is 2.25. The number of nitrogens with zero attached hydrogens (tertiary/aromatic N) is 2. The molecule has 154 valence electrons. The van der Waals surface area contributed by atoms with Gasteiger partial charge in [0.2, 0.25) is 21.8 Å². The van der Waals surface area contributed by atoms with Gasteiger partial charge in [-0.2, -0.15) is 4.31 Å². The SMILES string of the molecule is O=C(Cc1ccc(S(=O)(=O)N2CCCCC2)cc1)NCC(=O)Nc1cccnc1. The van der Waals surface area contributed by atoms with Crippen LogP contribution in [-0.4, -0.2) is 49.2 Å². The molecule has 0 saturated carbocycles. The second-order valence-electron chi connectivity index (χ2n) is 6.85. The number of piperidine rings is 1. The molecule has 0 radical (unpaired) electrons. The average molecular weight is 417 g/mol. The summed E-state index contributed by atoms with van der Waals surface area (Å²) in [6, 6.07) is 9.72. The summed E-state index contributed by atoms with van der Waals surface area (Å²) >= 11 is 0. The van der Waals surface area contributed by atoms with E-state index >= 15 is 0 Å². The standard InChI is InChI=1S/C20H24N4O4S/c25-19(22-15-20(26)23-17-5-4-10-21-14-17)13-16-6-8-18(9-7-16)29(27,28)24-11-2-1-3-12-24/h4-10,14H,1-3,11-13,15H2,(H,22,25)(H,23,26). The minimum absolute atomic E-state index is 0.0597. The molecule has 2 N–H and O–H groups in total. The minimum Gasteiger partial charge on any atom is -0.347 e. The predicted octanol–water partition coefficient (Wildman–Crippen LogP) is 1.55. The lowest BCUT2D eigenvalue weighted by molar-refractivity contribution is -0.123. The maximum Gasteiger partial charge on any atom is 0.243 e. The van der Waals surface area contributed by atoms with Crippen molar-refractivity contribution in [3.63, 3.8) is 0 Å². The van der Waals surface area contributed by atoms with Crippen molar-refractivity contribution >= 4 is 27.5 Å². The summed E-state index contributed by atoms with van der Waals surface area (Å²) in [4.78, 5) is 28.0. The van der Waals surface area contributed by atoms with Gasteiger partial charge >= 0.3 is 0 Å². The van der Waals surface area contributed by atoms with Crippen LogP contribution in [0.5, 0.6) is 0 Å². The van der Waals surface area contributed by atoms with E-state index in [1.807, 2.05) is 0 Å². The lowest BCUT2D eigenvalue weighted by Crippen LogP contribution is -2.35. The van der Waals surface area contributed by atoms with Crippen LogP contribution in [0.1, 0.15) is 24.8 Å². The van der Waals surface area contributed by atoms with Crippen LogP contribution in [0.2, 0.25) is 0 Å². The summed E-state index contributed by atoms with van der Waals surface area (Å²) in [5.74, 6) is -0.674. The number of rotatable bonds is 7. The normalized spacial score (nSPS) is 14.9. The van der Waals surface area contributed by atoms with E-state index in [2.05, 4.69) is 15.6 Å². The predicted molar refractivity (Wildman–Crippen MR) is 109 cm³/mol. The molecule has 2 heterocycles. The Morgan fingerprint density at radius 2 is 1.72 bits per heavy atom. The third-order valence-electron chi connectivity index (χ3n) is 4.63. The smallest absolute Gasteiger partial charge is 0.243 e. The van der Waals surface area contributed by atoms with Gasteiger partial charge < -0.3 is 10.6 Å². The number of hydrogen-bond acceptors (Lipinski definition) is 5. The Morgan fingerprint density at radius 3 is 2.38 bits per heavy atom. The molecule has 0 unspecified atom stereocenters. The summed E-state index contributed by atoms with van der Waals surface area (Å²) in [6.45, 7) is 0.941. The number of aromatic nitrogens is 1. The number of pyridine rings is 1. The highest BCUT2D eigenvalue weighted by Crippen LogP contribution is 2.21. The van der Waals surface area contributed by atoms with Gasteiger partial charge in [0.15, 0.2) is 0 Å². The van der Waals surface area contributed by atoms with Gasteiger partial charge in [-0.1, -0.05) is 18.6 Å². The first-order valence-corrected chi connectivity index (χ1v) is 10.9. The van der Waals surface area contributed by atoms with Crippen LogP contribution in [0.3, 0.4) is 0 Å². The maximum absolute atomic E-state index is 12.6. The number of carbonyl (C=O) groups is 2. The topological polar surface area (TPSA) is 108 Å². The molecule has 0 spiro atoms. The first kappa shape index (κ1) is 20.9. The van der Waals surface area contributed by atoms with E-state index < -0.39 is 10.0 Å². The molecule has 0 aliphatic carbocycles. The number of nitrogens with one attached hydrogen (secondary N) is 2. The van der Waals surface area contributed by atoms with Gasteiger partial charge in [0.1, 0.15) is 0 Å². The van der Waals surface area contributed by atoms with Crippen molar-refractivity contribution in [2.24, 2.45) is 0 Å². The van der Waals surface area contributed by atoms with Gasteiger partial charge in [-0.25, -0.2) is 8.42 Å². The first-order chi connectivity index (χ1) is 13.9. The second-order valence-corrected chi connectivity index (χ2v) is 8.79. The van der Waals surface area contributed by atoms with Crippen molar-refractivity contribution in [3.8, 4) is 0 Å². The van der Waals surface area contributed by atoms with Crippen LogP contribution in [-0.2, 0) is 26.0 Å². The fourth-order valence-corrected chi connectivity index (χ4v) is 4.62. The Labute approximate surface area is 170 Å². The lowest BCUT2D eigenvalue weighted by Gasteiger charge is -2.25. The summed E-state index contributed by atoms with van der Waals surface area (Å²) in [5.41, 5.74) is 1.23. The molecule has 0 bridgehead atoms. The molecule has 1 aliphatic heterocycles. The van der Waals surface area contributed by atoms with Crippen LogP contribution in [0.25, 0.3) is 0 Å². The highest BCUT2D eigenvalue weighted by molar-refractivity contribution is 7.89. The summed E-state index contributed by atoms with van der Waals surface area (Å²) in [7, 11) is -3.48. The quantitative estimate of drug-likeness (QED) is 0.712. The Morgan fingerprint density at radius 1 is 1.00 bits per heavy atom. The Kier molecular flexibility index (Phi) is 6.95. The molecule has 1 fully saturated rings. The summed E-state index contributed by atoms with van der Waals surface area (Å²) in [6.07, 6.45) is 5.99. The van der Waals surface area contributed by atoms with Gasteiger partial charge in [0, 0.05) is 19.3 Å². The molecular weight excluding hydrogens is 392 g/mol. The molecular formula is C20H24N4O4S. The molecule has 29 heavy (non-hydrogen) atoms. The van der Waals surface area contributed by atoms with Crippen molar-refractivity contribution in [1.29, 1.82) is 0 Å². The van der Waals surface area contributed by atoms with Crippen molar-refractivity contribution in [3.05, 3.63) is 54.4 Å². The molecule has 8 nitrogen and oxygen atoms in total. The maximum atomic E-state index is 12.6. The monoisotopic (exact) mass is 416 g/mol. The molecule has 2 aromatic rings. The zero-order valence-corrected chi connectivity index (χ0v) is 16.8. The number of sulfonamides is 1. The van der Waals surface area contributed by atoms with E-state index in [-0.39, 0.29) is 29.7 Å². The van der Waals surface area contributed by atoms with E-state index in [1.165, 1.54) is 22.6 Å². The van der Waals surface area contributed by atoms with E-state index in [1.54, 1.807) is 30.5 Å². The van der Waals surface area contributed by atoms with Gasteiger partial charge in [0.05, 0.1) is 29.7 Å². The largest absolute Gasteiger partial charge is 0.347 e. The molecule has 3 rings (SSSR count). The molecule has 1 aliphatic rings.